The van der Waals surface area contributed by atoms with Gasteiger partial charge in [-0.3, -0.25) is 29.0 Å². The van der Waals surface area contributed by atoms with Crippen LogP contribution in [0.4, 0.5) is 84.5 Å². The molecule has 32 nitrogen and oxygen atoms in total. The summed E-state index contributed by atoms with van der Waals surface area (Å²) in [5.41, 5.74) is 9.72. The van der Waals surface area contributed by atoms with Crippen LogP contribution in [0.2, 0.25) is 0 Å². The number of aryl methyl sites for hydroxylation is 2. The van der Waals surface area contributed by atoms with Crippen LogP contribution in [0.3, 0.4) is 0 Å². The minimum absolute atomic E-state index is 0. The van der Waals surface area contributed by atoms with Crippen LogP contribution in [-0.4, -0.2) is 132 Å². The smallest absolute Gasteiger partial charge is 0.296 e. The number of carbonyl (C=O) groups is 5. The number of ether oxygens (including phenoxy) is 3. The molecule has 15 rings (SSSR count). The first-order valence-corrected chi connectivity index (χ1v) is 39.6. The summed E-state index contributed by atoms with van der Waals surface area (Å²) in [7, 11) is 5.68. The molecule has 10 heterocycles. The van der Waals surface area contributed by atoms with Crippen molar-refractivity contribution >= 4 is 103 Å². The third-order valence-corrected chi connectivity index (χ3v) is 18.4. The van der Waals surface area contributed by atoms with E-state index < -0.39 is 46.1 Å². The zero-order chi connectivity index (χ0) is 92.0. The maximum absolute atomic E-state index is 13.8. The van der Waals surface area contributed by atoms with Gasteiger partial charge in [-0.2, -0.15) is 22.8 Å². The number of hydrogen-bond acceptors (Lipinski definition) is 28. The van der Waals surface area contributed by atoms with Crippen molar-refractivity contribution in [1.29, 1.82) is 5.26 Å². The van der Waals surface area contributed by atoms with Crippen LogP contribution in [-0.2, 0) is 11.8 Å². The predicted molar refractivity (Wildman–Crippen MR) is 481 cm³/mol. The van der Waals surface area contributed by atoms with Gasteiger partial charge in [-0.1, -0.05) is 43.8 Å². The number of nitrogens with zero attached hydrogens (tertiary/aromatic N) is 19. The van der Waals surface area contributed by atoms with Gasteiger partial charge in [-0.05, 0) is 143 Å². The van der Waals surface area contributed by atoms with Crippen LogP contribution in [0.25, 0.3) is 0 Å². The second-order valence-electron chi connectivity index (χ2n) is 27.9. The number of hydrogen-bond donors (Lipinski definition) is 5. The van der Waals surface area contributed by atoms with Gasteiger partial charge in [0.05, 0.1) is 96.8 Å². The fourth-order valence-electron chi connectivity index (χ4n) is 11.2. The second kappa shape index (κ2) is 45.6. The largest absolute Gasteiger partial charge is 0.491 e. The molecule has 10 aromatic heterocycles. The molecule has 0 saturated carbocycles. The number of thiazole rings is 1. The van der Waals surface area contributed by atoms with E-state index in [1.54, 1.807) is 97.8 Å². The number of pyridine rings is 4. The highest BCUT2D eigenvalue weighted by Gasteiger charge is 2.30. The molecular formula is C92H83F5N24O8S. The topological polar surface area (TPSA) is 400 Å². The molecule has 5 N–H and O–H groups in total. The average molecular weight is 1780 g/mol. The summed E-state index contributed by atoms with van der Waals surface area (Å²) in [6.45, 7) is 8.93. The van der Waals surface area contributed by atoms with Gasteiger partial charge in [0.1, 0.15) is 88.9 Å². The van der Waals surface area contributed by atoms with Crippen LogP contribution in [0.1, 0.15) is 115 Å². The van der Waals surface area contributed by atoms with Crippen LogP contribution in [0.15, 0.2) is 281 Å². The van der Waals surface area contributed by atoms with E-state index in [9.17, 15) is 51.2 Å². The van der Waals surface area contributed by atoms with Crippen molar-refractivity contribution in [1.82, 2.24) is 74.8 Å². The van der Waals surface area contributed by atoms with Crippen molar-refractivity contribution in [2.24, 2.45) is 0 Å². The minimum atomic E-state index is -3.14. The first-order valence-electron chi connectivity index (χ1n) is 38.7. The number of alkyl halides is 4. The molecule has 0 fully saturated rings. The number of anilines is 11. The van der Waals surface area contributed by atoms with Gasteiger partial charge in [0.15, 0.2) is 16.5 Å². The van der Waals surface area contributed by atoms with Crippen molar-refractivity contribution in [3.63, 3.8) is 0 Å². The summed E-state index contributed by atoms with van der Waals surface area (Å²) < 4.78 is 83.7. The van der Waals surface area contributed by atoms with Crippen LogP contribution >= 0.6 is 11.3 Å². The zero-order valence-electron chi connectivity index (χ0n) is 70.2. The molecule has 130 heavy (non-hydrogen) atoms. The number of halogens is 5. The molecule has 0 spiro atoms. The SMILES string of the molecule is C.CC(C)Oc1ccnc(C(=O)Nc2cc(C#N)cc(Oc3cncnc3)c2)c1.CC(F)(F)c1nc(C(=O)Nc2cc(F)cc(Oc3cncnc3)c2)cs1.CN(c1cncnc1)c1cccc(NC(=O)c2cccc(C(C)(F)F)n2)c1.Cc1cccc(C(=O)Nc2cccc(N(C)c3cncnc3)c2)n1.Cc1cccc(C(=O)Nc2cccc(N(C)c3cncnc3)c2)n1. The first kappa shape index (κ1) is 95.3. The van der Waals surface area contributed by atoms with Crippen molar-refractivity contribution < 1.29 is 60.1 Å². The molecule has 0 aliphatic carbocycles. The molecule has 38 heteroatoms. The van der Waals surface area contributed by atoms with Gasteiger partial charge in [0, 0.05) is 128 Å². The van der Waals surface area contributed by atoms with Crippen LogP contribution in [0.5, 0.6) is 28.7 Å². The quantitative estimate of drug-likeness (QED) is 0.0351. The average Bonchev–Trinajstić information content (AvgIpc) is 1.67. The Kier molecular flexibility index (Phi) is 33.4. The summed E-state index contributed by atoms with van der Waals surface area (Å²) >= 11 is 0.669. The summed E-state index contributed by atoms with van der Waals surface area (Å²) in [6.07, 6.45) is 24.6. The summed E-state index contributed by atoms with van der Waals surface area (Å²) in [4.78, 5) is 127. The number of benzene rings is 5. The maximum Gasteiger partial charge on any atom is 0.296 e. The van der Waals surface area contributed by atoms with Gasteiger partial charge in [-0.25, -0.2) is 74.2 Å². The predicted octanol–water partition coefficient (Wildman–Crippen LogP) is 18.8. The normalized spacial score (nSPS) is 10.5. The van der Waals surface area contributed by atoms with Gasteiger partial charge < -0.3 is 55.5 Å². The number of nitriles is 1. The highest BCUT2D eigenvalue weighted by molar-refractivity contribution is 7.10. The van der Waals surface area contributed by atoms with Crippen molar-refractivity contribution in [3.8, 4) is 34.8 Å². The second-order valence-corrected chi connectivity index (χ2v) is 28.7. The van der Waals surface area contributed by atoms with Gasteiger partial charge >= 0.3 is 0 Å². The zero-order valence-corrected chi connectivity index (χ0v) is 71.0. The Balaban J connectivity index is 0.000000169. The third kappa shape index (κ3) is 28.8. The van der Waals surface area contributed by atoms with Crippen molar-refractivity contribution in [3.05, 3.63) is 343 Å². The lowest BCUT2D eigenvalue weighted by molar-refractivity contribution is 0.0125. The van der Waals surface area contributed by atoms with E-state index in [1.165, 1.54) is 92.3 Å². The van der Waals surface area contributed by atoms with E-state index in [-0.39, 0.29) is 59.6 Å². The molecule has 5 amide bonds. The fraction of sp³-hybridized carbons (Fsp3) is 0.141. The Morgan fingerprint density at radius 1 is 0.400 bits per heavy atom. The Morgan fingerprint density at radius 3 is 1.18 bits per heavy atom. The number of aromatic nitrogens is 15. The maximum atomic E-state index is 13.8. The monoisotopic (exact) mass is 1780 g/mol. The number of amides is 5. The summed E-state index contributed by atoms with van der Waals surface area (Å²) in [5, 5.41) is 23.5. The lowest BCUT2D eigenvalue weighted by Crippen LogP contribution is -2.18. The lowest BCUT2D eigenvalue weighted by atomic mass is 10.2. The Morgan fingerprint density at radius 2 is 0.777 bits per heavy atom. The Bertz CT molecular complexity index is 6230. The molecule has 0 aliphatic rings. The fourth-order valence-corrected chi connectivity index (χ4v) is 12.0. The molecular weight excluding hydrogens is 1700 g/mol. The van der Waals surface area contributed by atoms with E-state index in [4.69, 9.17) is 14.2 Å². The lowest BCUT2D eigenvalue weighted by Gasteiger charge is -2.19. The van der Waals surface area contributed by atoms with Crippen LogP contribution < -0.4 is 55.5 Å². The van der Waals surface area contributed by atoms with Gasteiger partial charge in [-0.15, -0.1) is 11.3 Å². The molecule has 0 radical (unpaired) electrons. The number of nitrogens with one attached hydrogen (secondary N) is 5. The summed E-state index contributed by atoms with van der Waals surface area (Å²) in [6, 6.07) is 50.4. The van der Waals surface area contributed by atoms with E-state index in [2.05, 4.69) is 101 Å². The minimum Gasteiger partial charge on any atom is -0.491 e. The Hall–Kier alpha value is -17.0. The van der Waals surface area contributed by atoms with E-state index >= 15 is 0 Å². The highest BCUT2D eigenvalue weighted by atomic mass is 32.1. The molecule has 15 aromatic rings. The molecule has 0 aliphatic heterocycles. The summed E-state index contributed by atoms with van der Waals surface area (Å²) in [5.74, 6) is -7.40. The number of carbonyl (C=O) groups excluding carboxylic acids is 5. The number of rotatable bonds is 24. The van der Waals surface area contributed by atoms with E-state index in [0.717, 1.165) is 64.6 Å². The van der Waals surface area contributed by atoms with E-state index in [1.807, 2.05) is 148 Å². The third-order valence-electron chi connectivity index (χ3n) is 17.4. The highest BCUT2D eigenvalue weighted by Crippen LogP contribution is 2.34. The molecule has 660 valence electrons. The molecule has 0 atom stereocenters. The molecule has 5 aromatic carbocycles. The standard InChI is InChI=1S/C20H17N5O3.C19H17F2N5O.2C18H17N5O.C16H11F3N4O2S.CH4/c1-13(2)27-16-3-4-24-19(8-16)20(26)25-15-5-14(9-21)6-17(7-15)28-18-10-22-12-23-11-18;1-19(20,21)17-8-4-7-16(25-17)18(27)24-13-5-3-6-14(9-13)26(2)15-10-22-12-23-11-15;2*1-13-5-3-8-17(21-13)18(24)22-14-6-4-7-15(9-14)23(2)16-10-19-12-20-11-16;1-16(18,19)15-23-13(7-26-15)14(24)22-10-2-9(17)3-11(4-10)25-12-5-20-8-21-6-12;/h3-8,10-13H,1-2H3,(H,25,26);3-12H,1-2H3,(H,24,27);2*3-12H,1-2H3,(H,22,24);2-8H,1H3,(H,22,24);1H4. The van der Waals surface area contributed by atoms with E-state index in [0.29, 0.717) is 75.2 Å². The Labute approximate surface area is 747 Å². The van der Waals surface area contributed by atoms with Crippen LogP contribution in [0, 0.1) is 31.0 Å². The molecule has 0 saturated heterocycles. The molecule has 0 unspecified atom stereocenters. The molecule has 0 bridgehead atoms. The first-order chi connectivity index (χ1) is 61.9. The van der Waals surface area contributed by atoms with Crippen molar-refractivity contribution in [2.75, 3.05) is 62.4 Å². The van der Waals surface area contributed by atoms with Crippen molar-refractivity contribution in [2.45, 2.75) is 66.9 Å². The van der Waals surface area contributed by atoms with Gasteiger partial charge in [0.25, 0.3) is 41.4 Å². The van der Waals surface area contributed by atoms with Gasteiger partial charge in [0.2, 0.25) is 0 Å².